The molecule has 3 heterocycles. The lowest BCUT2D eigenvalue weighted by atomic mass is 10.1. The monoisotopic (exact) mass is 367 g/mol. The van der Waals surface area contributed by atoms with Gasteiger partial charge in [0.25, 0.3) is 0 Å². The number of nitrogens with one attached hydrogen (secondary N) is 2. The largest absolute Gasteiger partial charge is 0.384 e. The SMILES string of the molecule is CCn1ccnn1.Cc1ccc2c(c1)CCN2.Cc1cccc2c1NCC2.[HH].[HH]. The number of benzene rings is 2. The molecule has 146 valence electrons. The van der Waals surface area contributed by atoms with Crippen molar-refractivity contribution in [3.05, 3.63) is 71.0 Å². The minimum atomic E-state index is 0. The molecule has 0 unspecified atom stereocenters. The molecular weight excluding hydrogens is 334 g/mol. The molecule has 27 heavy (non-hydrogen) atoms. The predicted octanol–water partition coefficient (Wildman–Crippen LogP) is 4.72. The molecule has 5 nitrogen and oxygen atoms in total. The molecule has 5 heteroatoms. The lowest BCUT2D eigenvalue weighted by molar-refractivity contribution is 0.627. The molecule has 0 bridgehead atoms. The lowest BCUT2D eigenvalue weighted by Crippen LogP contribution is -1.92. The number of nitrogens with zero attached hydrogens (tertiary/aromatic N) is 3. The summed E-state index contributed by atoms with van der Waals surface area (Å²) < 4.78 is 1.76. The zero-order valence-corrected chi connectivity index (χ0v) is 16.5. The number of para-hydroxylation sites is 1. The van der Waals surface area contributed by atoms with Gasteiger partial charge in [0.15, 0.2) is 0 Å². The van der Waals surface area contributed by atoms with E-state index in [2.05, 4.69) is 71.2 Å². The van der Waals surface area contributed by atoms with Crippen LogP contribution in [-0.2, 0) is 19.4 Å². The van der Waals surface area contributed by atoms with Gasteiger partial charge in [-0.05, 0) is 56.4 Å². The number of rotatable bonds is 1. The molecule has 0 amide bonds. The molecule has 0 atom stereocenters. The quantitative estimate of drug-likeness (QED) is 0.654. The molecule has 0 radical (unpaired) electrons. The fourth-order valence-electron chi connectivity index (χ4n) is 3.35. The highest BCUT2D eigenvalue weighted by Gasteiger charge is 2.10. The van der Waals surface area contributed by atoms with Gasteiger partial charge in [-0.3, -0.25) is 4.68 Å². The van der Waals surface area contributed by atoms with Crippen molar-refractivity contribution in [2.24, 2.45) is 0 Å². The number of fused-ring (bicyclic) bond motifs is 2. The highest BCUT2D eigenvalue weighted by molar-refractivity contribution is 5.60. The van der Waals surface area contributed by atoms with Gasteiger partial charge in [-0.15, -0.1) is 5.10 Å². The van der Waals surface area contributed by atoms with E-state index in [1.54, 1.807) is 10.9 Å². The Morgan fingerprint density at radius 1 is 1.04 bits per heavy atom. The molecule has 2 aromatic carbocycles. The standard InChI is InChI=1S/2C9H11N.C4H7N3.2H2/c1-7-2-3-9-8(6-7)4-5-10-9;1-7-3-2-4-8-5-6-10-9(7)8;1-2-7-4-3-5-6-7;;/h2-3,6,10H,4-5H2,1H3;2-4,10H,5-6H2,1H3;3-4H,2H2,1H3;2*1H. The molecule has 1 aromatic heterocycles. The van der Waals surface area contributed by atoms with Crippen molar-refractivity contribution >= 4 is 11.4 Å². The van der Waals surface area contributed by atoms with E-state index >= 15 is 0 Å². The Balaban J connectivity index is 0.000000214. The predicted molar refractivity (Wildman–Crippen MR) is 117 cm³/mol. The summed E-state index contributed by atoms with van der Waals surface area (Å²) in [6, 6.07) is 13.0. The highest BCUT2D eigenvalue weighted by atomic mass is 15.4. The molecule has 2 aliphatic heterocycles. The number of aryl methyl sites for hydroxylation is 3. The molecule has 3 aromatic rings. The molecule has 0 aliphatic carbocycles. The van der Waals surface area contributed by atoms with Crippen LogP contribution >= 0.6 is 0 Å². The zero-order valence-electron chi connectivity index (χ0n) is 16.5. The summed E-state index contributed by atoms with van der Waals surface area (Å²) in [6.07, 6.45) is 5.89. The van der Waals surface area contributed by atoms with E-state index in [9.17, 15) is 0 Å². The minimum absolute atomic E-state index is 0. The summed E-state index contributed by atoms with van der Waals surface area (Å²) in [4.78, 5) is 0. The third-order valence-electron chi connectivity index (χ3n) is 4.82. The molecule has 0 saturated heterocycles. The smallest absolute Gasteiger partial charge is 0.0692 e. The molecule has 2 aliphatic rings. The maximum Gasteiger partial charge on any atom is 0.0692 e. The van der Waals surface area contributed by atoms with Crippen molar-refractivity contribution in [3.63, 3.8) is 0 Å². The molecular formula is C22H33N5. The first-order valence-electron chi connectivity index (χ1n) is 9.67. The van der Waals surface area contributed by atoms with Crippen molar-refractivity contribution < 1.29 is 2.85 Å². The van der Waals surface area contributed by atoms with Gasteiger partial charge in [0.2, 0.25) is 0 Å². The Bertz CT molecular complexity index is 866. The van der Waals surface area contributed by atoms with E-state index in [-0.39, 0.29) is 2.85 Å². The van der Waals surface area contributed by atoms with Crippen LogP contribution in [-0.4, -0.2) is 28.1 Å². The second-order valence-corrected chi connectivity index (χ2v) is 6.88. The van der Waals surface area contributed by atoms with E-state index in [4.69, 9.17) is 0 Å². The average Bonchev–Trinajstić information content (AvgIpc) is 3.43. The number of anilines is 2. The van der Waals surface area contributed by atoms with Gasteiger partial charge in [0.05, 0.1) is 6.20 Å². The topological polar surface area (TPSA) is 54.8 Å². The third-order valence-corrected chi connectivity index (χ3v) is 4.82. The second-order valence-electron chi connectivity index (χ2n) is 6.88. The van der Waals surface area contributed by atoms with Crippen LogP contribution in [0.2, 0.25) is 0 Å². The zero-order chi connectivity index (χ0) is 19.1. The van der Waals surface area contributed by atoms with Crippen LogP contribution in [0.25, 0.3) is 0 Å². The van der Waals surface area contributed by atoms with Crippen LogP contribution in [0.15, 0.2) is 48.8 Å². The van der Waals surface area contributed by atoms with E-state index in [1.807, 2.05) is 13.1 Å². The van der Waals surface area contributed by atoms with Crippen LogP contribution in [0.4, 0.5) is 11.4 Å². The lowest BCUT2D eigenvalue weighted by Gasteiger charge is -2.01. The van der Waals surface area contributed by atoms with Gasteiger partial charge < -0.3 is 10.6 Å². The van der Waals surface area contributed by atoms with Crippen LogP contribution in [0.1, 0.15) is 32.0 Å². The Kier molecular flexibility index (Phi) is 6.47. The Morgan fingerprint density at radius 3 is 2.56 bits per heavy atom. The van der Waals surface area contributed by atoms with E-state index in [1.165, 1.54) is 46.5 Å². The fourth-order valence-corrected chi connectivity index (χ4v) is 3.35. The van der Waals surface area contributed by atoms with Crippen LogP contribution in [0.3, 0.4) is 0 Å². The van der Waals surface area contributed by atoms with Gasteiger partial charge in [-0.25, -0.2) is 0 Å². The number of hydrogen-bond donors (Lipinski definition) is 2. The maximum atomic E-state index is 3.70. The van der Waals surface area contributed by atoms with Gasteiger partial charge in [-0.2, -0.15) is 0 Å². The first-order valence-corrected chi connectivity index (χ1v) is 9.67. The number of aromatic nitrogens is 3. The second kappa shape index (κ2) is 9.21. The summed E-state index contributed by atoms with van der Waals surface area (Å²) in [7, 11) is 0. The maximum absolute atomic E-state index is 3.70. The van der Waals surface area contributed by atoms with Crippen molar-refractivity contribution in [1.29, 1.82) is 0 Å². The average molecular weight is 368 g/mol. The van der Waals surface area contributed by atoms with Crippen LogP contribution in [0.5, 0.6) is 0 Å². The summed E-state index contributed by atoms with van der Waals surface area (Å²) in [6.45, 7) is 9.43. The fraction of sp³-hybridized carbons (Fsp3) is 0.364. The van der Waals surface area contributed by atoms with Crippen LogP contribution < -0.4 is 10.6 Å². The molecule has 5 rings (SSSR count). The highest BCUT2D eigenvalue weighted by Crippen LogP contribution is 2.25. The van der Waals surface area contributed by atoms with Gasteiger partial charge in [0.1, 0.15) is 0 Å². The van der Waals surface area contributed by atoms with Crippen molar-refractivity contribution in [3.8, 4) is 0 Å². The Hall–Kier alpha value is -2.82. The van der Waals surface area contributed by atoms with E-state index in [0.717, 1.165) is 19.6 Å². The molecule has 0 saturated carbocycles. The summed E-state index contributed by atoms with van der Waals surface area (Å²) in [5.74, 6) is 0. The molecule has 0 spiro atoms. The Morgan fingerprint density at radius 2 is 1.85 bits per heavy atom. The molecule has 2 N–H and O–H groups in total. The third kappa shape index (κ3) is 5.09. The van der Waals surface area contributed by atoms with Gasteiger partial charge in [0, 0.05) is 40.1 Å². The summed E-state index contributed by atoms with van der Waals surface area (Å²) in [5, 5.41) is 14.0. The first-order chi connectivity index (χ1) is 13.2. The van der Waals surface area contributed by atoms with Gasteiger partial charge in [-0.1, -0.05) is 41.1 Å². The number of hydrogen-bond acceptors (Lipinski definition) is 4. The van der Waals surface area contributed by atoms with Gasteiger partial charge >= 0.3 is 0 Å². The van der Waals surface area contributed by atoms with E-state index in [0.29, 0.717) is 0 Å². The van der Waals surface area contributed by atoms with Crippen molar-refractivity contribution in [2.75, 3.05) is 23.7 Å². The summed E-state index contributed by atoms with van der Waals surface area (Å²) in [5.41, 5.74) is 8.37. The summed E-state index contributed by atoms with van der Waals surface area (Å²) >= 11 is 0. The van der Waals surface area contributed by atoms with Crippen molar-refractivity contribution in [1.82, 2.24) is 15.0 Å². The van der Waals surface area contributed by atoms with E-state index < -0.39 is 0 Å². The molecule has 0 fully saturated rings. The van der Waals surface area contributed by atoms with Crippen LogP contribution in [0, 0.1) is 13.8 Å². The minimum Gasteiger partial charge on any atom is -0.384 e. The Labute approximate surface area is 164 Å². The van der Waals surface area contributed by atoms with Crippen molar-refractivity contribution in [2.45, 2.75) is 40.2 Å². The normalized spacial score (nSPS) is 13.1. The first kappa shape index (κ1) is 19.0.